The van der Waals surface area contributed by atoms with Crippen LogP contribution in [0.2, 0.25) is 0 Å². The number of ether oxygens (including phenoxy) is 1. The topological polar surface area (TPSA) is 21.3 Å². The minimum Gasteiger partial charge on any atom is -0.489 e. The first kappa shape index (κ1) is 19.3. The van der Waals surface area contributed by atoms with Gasteiger partial charge in [0.15, 0.2) is 0 Å². The maximum Gasteiger partial charge on any atom is 0.148 e. The van der Waals surface area contributed by atoms with E-state index in [4.69, 9.17) is 4.74 Å². The second-order valence-corrected chi connectivity index (χ2v) is 11.1. The molecule has 1 unspecified atom stereocenters. The molecule has 4 heteroatoms. The Kier molecular flexibility index (Phi) is 5.49. The van der Waals surface area contributed by atoms with Gasteiger partial charge in [0.1, 0.15) is 5.75 Å². The second kappa shape index (κ2) is 7.40. The highest BCUT2D eigenvalue weighted by Gasteiger charge is 2.52. The van der Waals surface area contributed by atoms with Crippen molar-refractivity contribution in [2.24, 2.45) is 23.2 Å². The number of hydrogen-bond acceptors (Lipinski definition) is 2. The first-order valence-electron chi connectivity index (χ1n) is 10.2. The van der Waals surface area contributed by atoms with Crippen molar-refractivity contribution in [3.63, 3.8) is 0 Å². The molecule has 0 radical (unpaired) electrons. The van der Waals surface area contributed by atoms with Crippen LogP contribution in [0.1, 0.15) is 64.9 Å². The number of hydrogen-bond donors (Lipinski definition) is 1. The Hall–Kier alpha value is -0.0600. The number of nitrogens with one attached hydrogen (secondary N) is 1. The minimum atomic E-state index is 0.169. The summed E-state index contributed by atoms with van der Waals surface area (Å²) in [5.74, 6) is 3.95. The van der Waals surface area contributed by atoms with Crippen LogP contribution in [-0.4, -0.2) is 12.1 Å². The number of rotatable bonds is 6. The van der Waals surface area contributed by atoms with Gasteiger partial charge in [-0.05, 0) is 132 Å². The van der Waals surface area contributed by atoms with Gasteiger partial charge < -0.3 is 10.1 Å². The largest absolute Gasteiger partial charge is 0.489 e. The summed E-state index contributed by atoms with van der Waals surface area (Å²) >= 11 is 7.36. The fourth-order valence-corrected chi connectivity index (χ4v) is 7.73. The molecule has 0 aliphatic heterocycles. The van der Waals surface area contributed by atoms with Crippen LogP contribution in [-0.2, 0) is 6.54 Å². The first-order chi connectivity index (χ1) is 12.3. The Morgan fingerprint density at radius 3 is 1.96 bits per heavy atom. The molecular weight excluding hydrogens is 454 g/mol. The van der Waals surface area contributed by atoms with Crippen LogP contribution in [0.15, 0.2) is 21.1 Å². The maximum absolute atomic E-state index is 5.91. The van der Waals surface area contributed by atoms with Crippen LogP contribution in [0.5, 0.6) is 5.75 Å². The molecule has 144 valence electrons. The molecule has 1 atom stereocenters. The highest BCUT2D eigenvalue weighted by Crippen LogP contribution is 2.61. The van der Waals surface area contributed by atoms with Gasteiger partial charge in [0, 0.05) is 12.6 Å². The number of benzene rings is 1. The van der Waals surface area contributed by atoms with Gasteiger partial charge in [-0.2, -0.15) is 0 Å². The number of halogens is 2. The lowest BCUT2D eigenvalue weighted by Gasteiger charge is -2.59. The molecule has 0 amide bonds. The Morgan fingerprint density at radius 2 is 1.50 bits per heavy atom. The van der Waals surface area contributed by atoms with Crippen molar-refractivity contribution in [1.82, 2.24) is 5.32 Å². The lowest BCUT2D eigenvalue weighted by atomic mass is 9.48. The SMILES string of the molecule is CC(C)Oc1c(Br)cc(CNC(C)C23CC4CC(CC(C4)C2)C3)cc1Br. The van der Waals surface area contributed by atoms with E-state index < -0.39 is 0 Å². The zero-order valence-corrected chi connectivity index (χ0v) is 19.3. The van der Waals surface area contributed by atoms with E-state index >= 15 is 0 Å². The monoisotopic (exact) mass is 483 g/mol. The summed E-state index contributed by atoms with van der Waals surface area (Å²) in [7, 11) is 0. The molecule has 0 aromatic heterocycles. The average Bonchev–Trinajstić information content (AvgIpc) is 2.54. The molecule has 5 rings (SSSR count). The second-order valence-electron chi connectivity index (χ2n) is 9.44. The van der Waals surface area contributed by atoms with Gasteiger partial charge in [-0.15, -0.1) is 0 Å². The quantitative estimate of drug-likeness (QED) is 0.485. The van der Waals surface area contributed by atoms with E-state index in [1.54, 1.807) is 0 Å². The van der Waals surface area contributed by atoms with Gasteiger partial charge in [-0.25, -0.2) is 0 Å². The van der Waals surface area contributed by atoms with Gasteiger partial charge in [0.2, 0.25) is 0 Å². The summed E-state index contributed by atoms with van der Waals surface area (Å²) in [6, 6.07) is 4.99. The third-order valence-electron chi connectivity index (χ3n) is 7.03. The van der Waals surface area contributed by atoms with E-state index in [1.807, 2.05) is 0 Å². The molecule has 4 aliphatic carbocycles. The summed E-state index contributed by atoms with van der Waals surface area (Å²) in [5, 5.41) is 3.89. The van der Waals surface area contributed by atoms with Gasteiger partial charge in [0.05, 0.1) is 15.0 Å². The van der Waals surface area contributed by atoms with E-state index in [0.29, 0.717) is 11.5 Å². The Morgan fingerprint density at radius 1 is 1.00 bits per heavy atom. The summed E-state index contributed by atoms with van der Waals surface area (Å²) in [4.78, 5) is 0. The van der Waals surface area contributed by atoms with Crippen molar-refractivity contribution in [2.45, 2.75) is 78.0 Å². The predicted molar refractivity (Wildman–Crippen MR) is 115 cm³/mol. The fourth-order valence-electron chi connectivity index (χ4n) is 6.26. The Labute approximate surface area is 175 Å². The van der Waals surface area contributed by atoms with Crippen LogP contribution < -0.4 is 10.1 Å². The molecule has 1 aromatic rings. The standard InChI is InChI=1S/C22H31Br2NO/c1-13(2)26-21-19(23)7-18(8-20(21)24)12-25-14(3)22-9-15-4-16(10-22)6-17(5-15)11-22/h7-8,13-17,25H,4-6,9-12H2,1-3H3. The van der Waals surface area contributed by atoms with Crippen molar-refractivity contribution in [1.29, 1.82) is 0 Å². The van der Waals surface area contributed by atoms with Gasteiger partial charge in [-0.3, -0.25) is 0 Å². The summed E-state index contributed by atoms with van der Waals surface area (Å²) in [6.07, 6.45) is 9.10. The first-order valence-corrected chi connectivity index (χ1v) is 11.8. The van der Waals surface area contributed by atoms with Crippen molar-refractivity contribution < 1.29 is 4.74 Å². The van der Waals surface area contributed by atoms with Crippen LogP contribution in [0, 0.1) is 23.2 Å². The van der Waals surface area contributed by atoms with E-state index in [0.717, 1.165) is 39.0 Å². The van der Waals surface area contributed by atoms with E-state index in [9.17, 15) is 0 Å². The molecule has 2 nitrogen and oxygen atoms in total. The van der Waals surface area contributed by atoms with E-state index in [-0.39, 0.29) is 6.10 Å². The lowest BCUT2D eigenvalue weighted by molar-refractivity contribution is -0.0706. The van der Waals surface area contributed by atoms with Crippen molar-refractivity contribution >= 4 is 31.9 Å². The zero-order valence-electron chi connectivity index (χ0n) is 16.2. The molecule has 4 aliphatic rings. The van der Waals surface area contributed by atoms with E-state index in [1.165, 1.54) is 44.1 Å². The van der Waals surface area contributed by atoms with Crippen molar-refractivity contribution in [3.8, 4) is 5.75 Å². The molecule has 4 bridgehead atoms. The van der Waals surface area contributed by atoms with Crippen LogP contribution in [0.25, 0.3) is 0 Å². The summed E-state index contributed by atoms with van der Waals surface area (Å²) in [6.45, 7) is 7.47. The summed E-state index contributed by atoms with van der Waals surface area (Å²) < 4.78 is 7.96. The van der Waals surface area contributed by atoms with Crippen LogP contribution >= 0.6 is 31.9 Å². The van der Waals surface area contributed by atoms with E-state index in [2.05, 4.69) is 70.1 Å². The molecular formula is C22H31Br2NO. The average molecular weight is 485 g/mol. The molecule has 4 saturated carbocycles. The van der Waals surface area contributed by atoms with Gasteiger partial charge in [-0.1, -0.05) is 0 Å². The van der Waals surface area contributed by atoms with Crippen molar-refractivity contribution in [2.75, 3.05) is 0 Å². The highest BCUT2D eigenvalue weighted by molar-refractivity contribution is 9.11. The smallest absolute Gasteiger partial charge is 0.148 e. The van der Waals surface area contributed by atoms with Crippen LogP contribution in [0.3, 0.4) is 0 Å². The molecule has 1 aromatic carbocycles. The van der Waals surface area contributed by atoms with Crippen molar-refractivity contribution in [3.05, 3.63) is 26.6 Å². The Bertz CT molecular complexity index is 614. The molecule has 0 saturated heterocycles. The predicted octanol–water partition coefficient (Wildman–Crippen LogP) is 6.69. The Balaban J connectivity index is 1.43. The minimum absolute atomic E-state index is 0.169. The maximum atomic E-state index is 5.91. The van der Waals surface area contributed by atoms with Gasteiger partial charge >= 0.3 is 0 Å². The summed E-state index contributed by atoms with van der Waals surface area (Å²) in [5.41, 5.74) is 1.86. The molecule has 26 heavy (non-hydrogen) atoms. The normalized spacial score (nSPS) is 33.7. The zero-order chi connectivity index (χ0) is 18.5. The molecule has 1 N–H and O–H groups in total. The lowest BCUT2D eigenvalue weighted by Crippen LogP contribution is -2.54. The molecule has 4 fully saturated rings. The third kappa shape index (κ3) is 3.75. The third-order valence-corrected chi connectivity index (χ3v) is 8.21. The fraction of sp³-hybridized carbons (Fsp3) is 0.727. The highest BCUT2D eigenvalue weighted by atomic mass is 79.9. The molecule has 0 heterocycles. The molecule has 0 spiro atoms. The van der Waals surface area contributed by atoms with Gasteiger partial charge in [0.25, 0.3) is 0 Å². The van der Waals surface area contributed by atoms with Crippen LogP contribution in [0.4, 0.5) is 0 Å².